The Kier molecular flexibility index (Phi) is 26.6. The largest absolute Gasteiger partial charge is 0.481 e. The number of rotatable bonds is 29. The van der Waals surface area contributed by atoms with E-state index in [-0.39, 0.29) is 18.5 Å². The fraction of sp³-hybridized carbons (Fsp3) is 0.906. The Morgan fingerprint density at radius 2 is 0.892 bits per heavy atom. The first-order valence-corrected chi connectivity index (χ1v) is 15.9. The van der Waals surface area contributed by atoms with E-state index < -0.39 is 5.97 Å². The number of hydrogen-bond acceptors (Lipinski definition) is 4. The lowest BCUT2D eigenvalue weighted by atomic mass is 10.0. The first-order valence-electron chi connectivity index (χ1n) is 15.9. The van der Waals surface area contributed by atoms with E-state index in [1.165, 1.54) is 64.2 Å². The zero-order valence-corrected chi connectivity index (χ0v) is 24.5. The van der Waals surface area contributed by atoms with Gasteiger partial charge < -0.3 is 9.84 Å². The van der Waals surface area contributed by atoms with Gasteiger partial charge in [0.05, 0.1) is 0 Å². The summed E-state index contributed by atoms with van der Waals surface area (Å²) in [6, 6.07) is 0. The van der Waals surface area contributed by atoms with Crippen LogP contribution in [-0.2, 0) is 19.1 Å². The maximum atomic E-state index is 12.5. The number of aliphatic carboxylic acids is 1. The smallest absolute Gasteiger partial charge is 0.306 e. The Morgan fingerprint density at radius 1 is 0.514 bits per heavy atom. The maximum absolute atomic E-state index is 12.5. The van der Waals surface area contributed by atoms with Gasteiger partial charge >= 0.3 is 11.9 Å². The lowest BCUT2D eigenvalue weighted by Crippen LogP contribution is -2.18. The number of carboxylic acids is 1. The molecule has 0 aromatic carbocycles. The molecule has 0 amide bonds. The van der Waals surface area contributed by atoms with Gasteiger partial charge in [-0.05, 0) is 51.4 Å². The van der Waals surface area contributed by atoms with Crippen molar-refractivity contribution in [2.45, 2.75) is 187 Å². The van der Waals surface area contributed by atoms with Gasteiger partial charge in [-0.25, -0.2) is 0 Å². The van der Waals surface area contributed by atoms with Crippen molar-refractivity contribution < 1.29 is 24.2 Å². The molecule has 0 saturated carbocycles. The predicted molar refractivity (Wildman–Crippen MR) is 154 cm³/mol. The zero-order chi connectivity index (χ0) is 27.4. The summed E-state index contributed by atoms with van der Waals surface area (Å²) in [7, 11) is 0. The van der Waals surface area contributed by atoms with Gasteiger partial charge in [-0.1, -0.05) is 104 Å². The molecule has 37 heavy (non-hydrogen) atoms. The third-order valence-electron chi connectivity index (χ3n) is 7.24. The molecule has 0 saturated heterocycles. The third kappa shape index (κ3) is 27.5. The topological polar surface area (TPSA) is 80.7 Å². The summed E-state index contributed by atoms with van der Waals surface area (Å²) in [5.74, 6) is -0.476. The van der Waals surface area contributed by atoms with Crippen LogP contribution in [0, 0.1) is 0 Å². The number of carboxylic acid groups (broad SMARTS) is 1. The van der Waals surface area contributed by atoms with Gasteiger partial charge in [0.15, 0.2) is 0 Å². The summed E-state index contributed by atoms with van der Waals surface area (Å²) < 4.78 is 5.91. The van der Waals surface area contributed by atoms with Gasteiger partial charge in [0, 0.05) is 25.7 Å². The number of carbonyl (C=O) groups is 3. The van der Waals surface area contributed by atoms with Gasteiger partial charge in [-0.3, -0.25) is 14.4 Å². The molecular formula is C32H60O5. The molecule has 0 aromatic heterocycles. The highest BCUT2D eigenvalue weighted by molar-refractivity contribution is 5.78. The van der Waals surface area contributed by atoms with Crippen molar-refractivity contribution in [3.8, 4) is 0 Å². The van der Waals surface area contributed by atoms with Crippen LogP contribution < -0.4 is 0 Å². The van der Waals surface area contributed by atoms with Gasteiger partial charge in [-0.2, -0.15) is 0 Å². The lowest BCUT2D eigenvalue weighted by molar-refractivity contribution is -0.150. The van der Waals surface area contributed by atoms with Crippen LogP contribution in [0.3, 0.4) is 0 Å². The van der Waals surface area contributed by atoms with Crippen molar-refractivity contribution in [3.63, 3.8) is 0 Å². The minimum absolute atomic E-state index is 0.0408. The van der Waals surface area contributed by atoms with Crippen LogP contribution in [0.4, 0.5) is 0 Å². The normalized spacial score (nSPS) is 11.2. The molecule has 0 heterocycles. The summed E-state index contributed by atoms with van der Waals surface area (Å²) in [5.41, 5.74) is 0. The van der Waals surface area contributed by atoms with Crippen LogP contribution in [0.5, 0.6) is 0 Å². The number of carbonyl (C=O) groups excluding carboxylic acids is 2. The van der Waals surface area contributed by atoms with Crippen LogP contribution in [0.25, 0.3) is 0 Å². The average molecular weight is 525 g/mol. The average Bonchev–Trinajstić information content (AvgIpc) is 2.87. The van der Waals surface area contributed by atoms with Gasteiger partial charge in [0.2, 0.25) is 0 Å². The van der Waals surface area contributed by atoms with Gasteiger partial charge in [0.25, 0.3) is 0 Å². The zero-order valence-electron chi connectivity index (χ0n) is 24.5. The molecule has 0 aliphatic carbocycles. The first kappa shape index (κ1) is 35.6. The summed E-state index contributed by atoms with van der Waals surface area (Å²) in [4.78, 5) is 34.9. The molecule has 0 aliphatic rings. The standard InChI is InChI=1S/C32H60O5/c1-3-5-7-9-11-19-25-30(26-20-12-10-8-6-4-2)37-32(36)28-22-16-14-18-24-29(33)23-17-13-15-21-27-31(34)35/h30H,3-28H2,1-2H3,(H,34,35). The molecule has 0 aliphatic heterocycles. The van der Waals surface area contributed by atoms with Crippen molar-refractivity contribution in [2.24, 2.45) is 0 Å². The van der Waals surface area contributed by atoms with Crippen molar-refractivity contribution in [2.75, 3.05) is 0 Å². The highest BCUT2D eigenvalue weighted by Crippen LogP contribution is 2.18. The second kappa shape index (κ2) is 27.6. The SMILES string of the molecule is CCCCCCCCC(CCCCCCCC)OC(=O)CCCCCCC(=O)CCCCCCC(=O)O. The molecule has 5 nitrogen and oxygen atoms in total. The number of Topliss-reactive ketones (excluding diaryl/α,β-unsaturated/α-hetero) is 1. The van der Waals surface area contributed by atoms with Crippen LogP contribution in [-0.4, -0.2) is 28.9 Å². The fourth-order valence-corrected chi connectivity index (χ4v) is 4.83. The van der Waals surface area contributed by atoms with E-state index in [0.717, 1.165) is 70.6 Å². The van der Waals surface area contributed by atoms with Crippen molar-refractivity contribution in [1.82, 2.24) is 0 Å². The number of unbranched alkanes of at least 4 members (excludes halogenated alkanes) is 16. The van der Waals surface area contributed by atoms with E-state index in [0.29, 0.717) is 31.5 Å². The van der Waals surface area contributed by atoms with E-state index in [9.17, 15) is 14.4 Å². The lowest BCUT2D eigenvalue weighted by Gasteiger charge is -2.18. The summed E-state index contributed by atoms with van der Waals surface area (Å²) in [6.07, 6.45) is 26.3. The second-order valence-electron chi connectivity index (χ2n) is 11.0. The Labute approximate surface area is 228 Å². The maximum Gasteiger partial charge on any atom is 0.306 e. The van der Waals surface area contributed by atoms with E-state index >= 15 is 0 Å². The van der Waals surface area contributed by atoms with E-state index in [1.807, 2.05) is 0 Å². The Bertz CT molecular complexity index is 529. The molecule has 1 N–H and O–H groups in total. The molecule has 0 fully saturated rings. The second-order valence-corrected chi connectivity index (χ2v) is 11.0. The molecule has 5 heteroatoms. The van der Waals surface area contributed by atoms with E-state index in [2.05, 4.69) is 13.8 Å². The van der Waals surface area contributed by atoms with E-state index in [1.54, 1.807) is 0 Å². The molecule has 218 valence electrons. The molecule has 0 rings (SSSR count). The monoisotopic (exact) mass is 524 g/mol. The van der Waals surface area contributed by atoms with Crippen LogP contribution in [0.15, 0.2) is 0 Å². The molecule has 0 unspecified atom stereocenters. The Hall–Kier alpha value is -1.39. The quantitative estimate of drug-likeness (QED) is 0.0778. The number of hydrogen-bond donors (Lipinski definition) is 1. The fourth-order valence-electron chi connectivity index (χ4n) is 4.83. The van der Waals surface area contributed by atoms with Crippen LogP contribution >= 0.6 is 0 Å². The summed E-state index contributed by atoms with van der Waals surface area (Å²) in [6.45, 7) is 4.49. The summed E-state index contributed by atoms with van der Waals surface area (Å²) in [5, 5.41) is 8.63. The molecule has 0 bridgehead atoms. The minimum Gasteiger partial charge on any atom is -0.481 e. The van der Waals surface area contributed by atoms with Crippen molar-refractivity contribution in [3.05, 3.63) is 0 Å². The van der Waals surface area contributed by atoms with Gasteiger partial charge in [0.1, 0.15) is 11.9 Å². The molecule has 0 radical (unpaired) electrons. The van der Waals surface area contributed by atoms with Crippen LogP contribution in [0.2, 0.25) is 0 Å². The highest BCUT2D eigenvalue weighted by Gasteiger charge is 2.14. The molecular weight excluding hydrogens is 464 g/mol. The van der Waals surface area contributed by atoms with Gasteiger partial charge in [-0.15, -0.1) is 0 Å². The minimum atomic E-state index is -0.745. The molecule has 0 spiro atoms. The number of ether oxygens (including phenoxy) is 1. The Morgan fingerprint density at radius 3 is 1.35 bits per heavy atom. The number of esters is 1. The summed E-state index contributed by atoms with van der Waals surface area (Å²) >= 11 is 0. The Balaban J connectivity index is 3.94. The van der Waals surface area contributed by atoms with Crippen molar-refractivity contribution >= 4 is 17.7 Å². The van der Waals surface area contributed by atoms with Crippen LogP contribution in [0.1, 0.15) is 181 Å². The number of ketones is 1. The first-order chi connectivity index (χ1) is 18.0. The van der Waals surface area contributed by atoms with E-state index in [4.69, 9.17) is 9.84 Å². The molecule has 0 atom stereocenters. The van der Waals surface area contributed by atoms with Crippen molar-refractivity contribution in [1.29, 1.82) is 0 Å². The molecule has 0 aromatic rings. The highest BCUT2D eigenvalue weighted by atomic mass is 16.5. The predicted octanol–water partition coefficient (Wildman–Crippen LogP) is 9.73. The third-order valence-corrected chi connectivity index (χ3v) is 7.24.